The zero-order chi connectivity index (χ0) is 10.8. The molecule has 0 amide bonds. The molecule has 5 heteroatoms. The summed E-state index contributed by atoms with van der Waals surface area (Å²) in [5.74, 6) is -1.72. The highest BCUT2D eigenvalue weighted by Crippen LogP contribution is 2.26. The van der Waals surface area contributed by atoms with E-state index in [0.29, 0.717) is 16.3 Å². The smallest absolute Gasteiger partial charge is 0.182 e. The number of nitrogens with zero attached hydrogens (tertiary/aromatic N) is 1. The number of rotatable bonds is 2. The van der Waals surface area contributed by atoms with Gasteiger partial charge in [0.05, 0.1) is 5.02 Å². The number of hydrogen-bond acceptors (Lipinski definition) is 4. The fourth-order valence-electron chi connectivity index (χ4n) is 1.17. The van der Waals surface area contributed by atoms with Crippen LogP contribution in [-0.2, 0) is 0 Å². The number of aromatic carboxylic acids is 1. The average molecular weight is 223 g/mol. The first-order chi connectivity index (χ1) is 7.18. The SMILES string of the molecule is O=C([O-])c1cc(-c2ccccc2Cl)no1. The van der Waals surface area contributed by atoms with E-state index in [4.69, 9.17) is 11.6 Å². The van der Waals surface area contributed by atoms with Gasteiger partial charge in [0.2, 0.25) is 0 Å². The van der Waals surface area contributed by atoms with E-state index in [1.807, 2.05) is 0 Å². The molecule has 0 saturated heterocycles. The Balaban J connectivity index is 2.46. The van der Waals surface area contributed by atoms with Crippen LogP contribution in [0.1, 0.15) is 10.6 Å². The number of hydrogen-bond donors (Lipinski definition) is 0. The van der Waals surface area contributed by atoms with Crippen LogP contribution in [0.25, 0.3) is 11.3 Å². The lowest BCUT2D eigenvalue weighted by molar-refractivity contribution is -0.257. The van der Waals surface area contributed by atoms with Crippen LogP contribution in [0, 0.1) is 0 Å². The first kappa shape index (κ1) is 9.73. The second-order valence-electron chi connectivity index (χ2n) is 2.84. The van der Waals surface area contributed by atoms with E-state index in [9.17, 15) is 9.90 Å². The van der Waals surface area contributed by atoms with Crippen LogP contribution in [0.3, 0.4) is 0 Å². The summed E-state index contributed by atoms with van der Waals surface area (Å²) < 4.78 is 4.56. The van der Waals surface area contributed by atoms with E-state index < -0.39 is 5.97 Å². The van der Waals surface area contributed by atoms with Crippen LogP contribution < -0.4 is 5.11 Å². The molecule has 0 N–H and O–H groups in total. The summed E-state index contributed by atoms with van der Waals surface area (Å²) in [4.78, 5) is 10.5. The van der Waals surface area contributed by atoms with E-state index in [1.54, 1.807) is 24.3 Å². The first-order valence-corrected chi connectivity index (χ1v) is 4.49. The Kier molecular flexibility index (Phi) is 2.43. The van der Waals surface area contributed by atoms with E-state index in [-0.39, 0.29) is 5.76 Å². The van der Waals surface area contributed by atoms with Gasteiger partial charge in [-0.05, 0) is 6.07 Å². The number of aromatic nitrogens is 1. The van der Waals surface area contributed by atoms with Crippen molar-refractivity contribution >= 4 is 17.6 Å². The van der Waals surface area contributed by atoms with E-state index in [2.05, 4.69) is 9.68 Å². The number of carboxylic acid groups (broad SMARTS) is 1. The minimum atomic E-state index is -1.40. The minimum absolute atomic E-state index is 0.315. The van der Waals surface area contributed by atoms with Gasteiger partial charge in [-0.1, -0.05) is 35.0 Å². The molecule has 0 aliphatic carbocycles. The molecule has 1 aromatic heterocycles. The normalized spacial score (nSPS) is 10.2. The van der Waals surface area contributed by atoms with Gasteiger partial charge in [-0.3, -0.25) is 0 Å². The lowest BCUT2D eigenvalue weighted by atomic mass is 10.1. The van der Waals surface area contributed by atoms with Crippen LogP contribution >= 0.6 is 11.6 Å². The van der Waals surface area contributed by atoms with Crippen molar-refractivity contribution < 1.29 is 14.4 Å². The van der Waals surface area contributed by atoms with Gasteiger partial charge in [-0.25, -0.2) is 0 Å². The van der Waals surface area contributed by atoms with Crippen LogP contribution in [0.4, 0.5) is 0 Å². The molecule has 0 radical (unpaired) electrons. The van der Waals surface area contributed by atoms with Crippen molar-refractivity contribution in [3.05, 3.63) is 41.1 Å². The highest BCUT2D eigenvalue weighted by Gasteiger charge is 2.09. The molecule has 2 rings (SSSR count). The van der Waals surface area contributed by atoms with Gasteiger partial charge in [-0.15, -0.1) is 0 Å². The van der Waals surface area contributed by atoms with Gasteiger partial charge in [0, 0.05) is 11.6 Å². The fraction of sp³-hybridized carbons (Fsp3) is 0. The van der Waals surface area contributed by atoms with Crippen molar-refractivity contribution in [1.29, 1.82) is 0 Å². The maximum absolute atomic E-state index is 10.5. The molecule has 2 aromatic rings. The molecule has 1 heterocycles. The maximum atomic E-state index is 10.5. The third-order valence-corrected chi connectivity index (χ3v) is 2.19. The lowest BCUT2D eigenvalue weighted by Crippen LogP contribution is -2.21. The summed E-state index contributed by atoms with van der Waals surface area (Å²) in [6.45, 7) is 0. The predicted molar refractivity (Wildman–Crippen MR) is 51.3 cm³/mol. The molecule has 1 aromatic carbocycles. The Morgan fingerprint density at radius 2 is 2.13 bits per heavy atom. The molecule has 0 saturated carbocycles. The molecule has 4 nitrogen and oxygen atoms in total. The van der Waals surface area contributed by atoms with Crippen molar-refractivity contribution in [3.63, 3.8) is 0 Å². The predicted octanol–water partition coefficient (Wildman–Crippen LogP) is 1.36. The summed E-state index contributed by atoms with van der Waals surface area (Å²) >= 11 is 5.90. The minimum Gasteiger partial charge on any atom is -0.541 e. The number of carbonyl (C=O) groups excluding carboxylic acids is 1. The molecular weight excluding hydrogens is 218 g/mol. The van der Waals surface area contributed by atoms with E-state index >= 15 is 0 Å². The van der Waals surface area contributed by atoms with Gasteiger partial charge in [0.25, 0.3) is 0 Å². The molecule has 15 heavy (non-hydrogen) atoms. The highest BCUT2D eigenvalue weighted by atomic mass is 35.5. The van der Waals surface area contributed by atoms with E-state index in [0.717, 1.165) is 0 Å². The quantitative estimate of drug-likeness (QED) is 0.770. The second-order valence-corrected chi connectivity index (χ2v) is 3.25. The summed E-state index contributed by atoms with van der Waals surface area (Å²) in [6.07, 6.45) is 0. The van der Waals surface area contributed by atoms with E-state index in [1.165, 1.54) is 6.07 Å². The molecule has 0 aliphatic heterocycles. The van der Waals surface area contributed by atoms with Crippen molar-refractivity contribution in [2.75, 3.05) is 0 Å². The summed E-state index contributed by atoms with van der Waals surface area (Å²) in [5.41, 5.74) is 0.996. The van der Waals surface area contributed by atoms with Crippen LogP contribution in [0.2, 0.25) is 5.02 Å². The van der Waals surface area contributed by atoms with Gasteiger partial charge in [0.15, 0.2) is 5.76 Å². The summed E-state index contributed by atoms with van der Waals surface area (Å²) in [7, 11) is 0. The van der Waals surface area contributed by atoms with Crippen LogP contribution in [0.15, 0.2) is 34.9 Å². The molecule has 0 bridgehead atoms. The molecule has 0 aliphatic rings. The number of halogens is 1. The van der Waals surface area contributed by atoms with Gasteiger partial charge in [-0.2, -0.15) is 0 Å². The number of benzene rings is 1. The van der Waals surface area contributed by atoms with Crippen molar-refractivity contribution in [3.8, 4) is 11.3 Å². The number of carboxylic acids is 1. The van der Waals surface area contributed by atoms with Crippen molar-refractivity contribution in [2.45, 2.75) is 0 Å². The standard InChI is InChI=1S/C10H6ClNO3/c11-7-4-2-1-3-6(7)8-5-9(10(13)14)15-12-8/h1-5H,(H,13,14)/p-1. The average Bonchev–Trinajstić information content (AvgIpc) is 2.67. The summed E-state index contributed by atoms with van der Waals surface area (Å²) in [5, 5.41) is 14.5. The maximum Gasteiger partial charge on any atom is 0.182 e. The largest absolute Gasteiger partial charge is 0.541 e. The Bertz CT molecular complexity index is 507. The Morgan fingerprint density at radius 3 is 2.73 bits per heavy atom. The van der Waals surface area contributed by atoms with Gasteiger partial charge in [0.1, 0.15) is 11.7 Å². The van der Waals surface area contributed by atoms with Gasteiger partial charge < -0.3 is 14.4 Å². The Labute approximate surface area is 90.1 Å². The molecular formula is C10H5ClNO3-. The molecule has 76 valence electrons. The Hall–Kier alpha value is -1.81. The van der Waals surface area contributed by atoms with Crippen LogP contribution in [-0.4, -0.2) is 11.1 Å². The van der Waals surface area contributed by atoms with Gasteiger partial charge >= 0.3 is 0 Å². The van der Waals surface area contributed by atoms with Crippen molar-refractivity contribution in [1.82, 2.24) is 5.16 Å². The molecule has 0 spiro atoms. The zero-order valence-corrected chi connectivity index (χ0v) is 8.19. The topological polar surface area (TPSA) is 66.2 Å². The van der Waals surface area contributed by atoms with Crippen LogP contribution in [0.5, 0.6) is 0 Å². The molecule has 0 unspecified atom stereocenters. The fourth-order valence-corrected chi connectivity index (χ4v) is 1.40. The second kappa shape index (κ2) is 3.74. The first-order valence-electron chi connectivity index (χ1n) is 4.11. The molecule has 0 atom stereocenters. The van der Waals surface area contributed by atoms with Crippen molar-refractivity contribution in [2.24, 2.45) is 0 Å². The third kappa shape index (κ3) is 1.85. The number of carbonyl (C=O) groups is 1. The summed E-state index contributed by atoms with van der Waals surface area (Å²) in [6, 6.07) is 8.22. The monoisotopic (exact) mass is 222 g/mol. The lowest BCUT2D eigenvalue weighted by Gasteiger charge is -1.97. The highest BCUT2D eigenvalue weighted by molar-refractivity contribution is 6.33. The third-order valence-electron chi connectivity index (χ3n) is 1.86. The molecule has 0 fully saturated rings. The Morgan fingerprint density at radius 1 is 1.40 bits per heavy atom. The zero-order valence-electron chi connectivity index (χ0n) is 7.44.